The Morgan fingerprint density at radius 2 is 2.00 bits per heavy atom. The van der Waals surface area contributed by atoms with Crippen molar-refractivity contribution < 1.29 is 4.74 Å². The summed E-state index contributed by atoms with van der Waals surface area (Å²) in [6.45, 7) is 4.89. The van der Waals surface area contributed by atoms with E-state index in [2.05, 4.69) is 41.5 Å². The highest BCUT2D eigenvalue weighted by Gasteiger charge is 2.08. The first-order valence-corrected chi connectivity index (χ1v) is 9.12. The molecule has 0 fully saturated rings. The number of anilines is 1. The molecule has 0 atom stereocenters. The minimum absolute atomic E-state index is 0.722. The quantitative estimate of drug-likeness (QED) is 0.461. The van der Waals surface area contributed by atoms with Gasteiger partial charge in [-0.25, -0.2) is 4.98 Å². The average Bonchev–Trinajstić information content (AvgIpc) is 3.02. The van der Waals surface area contributed by atoms with Crippen molar-refractivity contribution >= 4 is 22.7 Å². The molecule has 0 bridgehead atoms. The Morgan fingerprint density at radius 1 is 1.16 bits per heavy atom. The van der Waals surface area contributed by atoms with Gasteiger partial charge in [0.15, 0.2) is 0 Å². The van der Waals surface area contributed by atoms with Crippen molar-refractivity contribution in [1.82, 2.24) is 4.98 Å². The van der Waals surface area contributed by atoms with Crippen LogP contribution >= 0.6 is 11.3 Å². The van der Waals surface area contributed by atoms with Gasteiger partial charge in [0.25, 0.3) is 0 Å². The molecule has 3 rings (SSSR count). The van der Waals surface area contributed by atoms with Crippen LogP contribution in [0.2, 0.25) is 0 Å². The number of benzene rings is 2. The van der Waals surface area contributed by atoms with Crippen LogP contribution in [0.3, 0.4) is 0 Å². The zero-order chi connectivity index (χ0) is 17.5. The van der Waals surface area contributed by atoms with Crippen LogP contribution in [0.4, 0.5) is 5.13 Å². The number of aromatic nitrogens is 1. The zero-order valence-electron chi connectivity index (χ0n) is 14.4. The van der Waals surface area contributed by atoms with Crippen molar-refractivity contribution in [3.8, 4) is 17.0 Å². The molecule has 4 nitrogen and oxygen atoms in total. The first-order chi connectivity index (χ1) is 12.3. The van der Waals surface area contributed by atoms with Gasteiger partial charge in [-0.05, 0) is 31.0 Å². The maximum Gasteiger partial charge on any atom is 0.204 e. The molecule has 1 aromatic heterocycles. The molecule has 0 saturated heterocycles. The van der Waals surface area contributed by atoms with E-state index in [1.807, 2.05) is 42.5 Å². The summed E-state index contributed by atoms with van der Waals surface area (Å²) in [6.07, 6.45) is 2.77. The first-order valence-electron chi connectivity index (χ1n) is 8.31. The molecule has 0 aliphatic carbocycles. The smallest absolute Gasteiger partial charge is 0.204 e. The molecule has 0 saturated carbocycles. The van der Waals surface area contributed by atoms with Crippen molar-refractivity contribution in [3.05, 3.63) is 65.0 Å². The van der Waals surface area contributed by atoms with Crippen LogP contribution in [0.5, 0.6) is 5.75 Å². The molecule has 25 heavy (non-hydrogen) atoms. The minimum Gasteiger partial charge on any atom is -0.494 e. The average molecular weight is 351 g/mol. The Hall–Kier alpha value is -2.66. The van der Waals surface area contributed by atoms with E-state index in [-0.39, 0.29) is 0 Å². The number of rotatable bonds is 7. The summed E-state index contributed by atoms with van der Waals surface area (Å²) in [4.78, 5) is 5.80. The van der Waals surface area contributed by atoms with Crippen LogP contribution < -0.4 is 10.2 Å². The summed E-state index contributed by atoms with van der Waals surface area (Å²) in [5.41, 5.74) is 6.12. The Labute approximate surface area is 152 Å². The number of ether oxygens (including phenoxy) is 1. The molecule has 0 aliphatic heterocycles. The molecule has 2 aromatic carbocycles. The molecule has 3 aromatic rings. The van der Waals surface area contributed by atoms with Gasteiger partial charge in [-0.2, -0.15) is 5.10 Å². The van der Waals surface area contributed by atoms with Gasteiger partial charge < -0.3 is 4.74 Å². The van der Waals surface area contributed by atoms with Gasteiger partial charge >= 0.3 is 0 Å². The predicted octanol–water partition coefficient (Wildman–Crippen LogP) is 5.35. The second-order valence-corrected chi connectivity index (χ2v) is 6.78. The minimum atomic E-state index is 0.722. The number of aryl methyl sites for hydroxylation is 1. The van der Waals surface area contributed by atoms with Crippen LogP contribution in [0, 0.1) is 6.92 Å². The lowest BCUT2D eigenvalue weighted by atomic mass is 10.1. The standard InChI is InChI=1S/C20H21N3OS/c1-3-12-24-18-11-7-8-16(13-18)14-21-23-20-22-19(15(2)25-20)17-9-5-4-6-10-17/h4-11,13-14H,3,12H2,1-2H3,(H,22,23)/b21-14+. The summed E-state index contributed by atoms with van der Waals surface area (Å²) >= 11 is 1.60. The van der Waals surface area contributed by atoms with Gasteiger partial charge in [0.2, 0.25) is 5.13 Å². The van der Waals surface area contributed by atoms with Crippen LogP contribution in [0.1, 0.15) is 23.8 Å². The highest BCUT2D eigenvalue weighted by molar-refractivity contribution is 7.15. The van der Waals surface area contributed by atoms with E-state index in [4.69, 9.17) is 4.74 Å². The molecule has 0 aliphatic rings. The molecule has 0 unspecified atom stereocenters. The molecular weight excluding hydrogens is 330 g/mol. The van der Waals surface area contributed by atoms with Gasteiger partial charge in [-0.1, -0.05) is 49.4 Å². The lowest BCUT2D eigenvalue weighted by Gasteiger charge is -2.04. The summed E-state index contributed by atoms with van der Waals surface area (Å²) in [7, 11) is 0. The Kier molecular flexibility index (Phi) is 5.80. The molecular formula is C20H21N3OS. The SMILES string of the molecule is CCCOc1cccc(/C=N/Nc2nc(-c3ccccc3)c(C)s2)c1. The van der Waals surface area contributed by atoms with Gasteiger partial charge in [0.05, 0.1) is 18.5 Å². The number of thiazole rings is 1. The van der Waals surface area contributed by atoms with Crippen LogP contribution in [0.25, 0.3) is 11.3 Å². The van der Waals surface area contributed by atoms with Gasteiger partial charge in [-0.3, -0.25) is 5.43 Å². The number of nitrogens with zero attached hydrogens (tertiary/aromatic N) is 2. The van der Waals surface area contributed by atoms with E-state index in [1.165, 1.54) is 4.88 Å². The molecule has 5 heteroatoms. The van der Waals surface area contributed by atoms with Crippen molar-refractivity contribution in [1.29, 1.82) is 0 Å². The van der Waals surface area contributed by atoms with E-state index in [0.717, 1.165) is 40.7 Å². The van der Waals surface area contributed by atoms with Crippen molar-refractivity contribution in [2.45, 2.75) is 20.3 Å². The van der Waals surface area contributed by atoms with E-state index < -0.39 is 0 Å². The fourth-order valence-electron chi connectivity index (χ4n) is 2.37. The fourth-order valence-corrected chi connectivity index (χ4v) is 3.16. The lowest BCUT2D eigenvalue weighted by Crippen LogP contribution is -1.96. The molecule has 0 spiro atoms. The van der Waals surface area contributed by atoms with E-state index in [9.17, 15) is 0 Å². The molecule has 0 amide bonds. The fraction of sp³-hybridized carbons (Fsp3) is 0.200. The predicted molar refractivity (Wildman–Crippen MR) is 106 cm³/mol. The monoisotopic (exact) mass is 351 g/mol. The van der Waals surface area contributed by atoms with Crippen LogP contribution in [-0.4, -0.2) is 17.8 Å². The first kappa shape index (κ1) is 17.2. The maximum atomic E-state index is 5.64. The van der Waals surface area contributed by atoms with Gasteiger partial charge in [0.1, 0.15) is 5.75 Å². The number of nitrogens with one attached hydrogen (secondary N) is 1. The van der Waals surface area contributed by atoms with E-state index >= 15 is 0 Å². The van der Waals surface area contributed by atoms with E-state index in [1.54, 1.807) is 17.6 Å². The second kappa shape index (κ2) is 8.44. The molecule has 1 heterocycles. The van der Waals surface area contributed by atoms with Gasteiger partial charge in [0, 0.05) is 10.4 Å². The third kappa shape index (κ3) is 4.67. The van der Waals surface area contributed by atoms with Crippen LogP contribution in [-0.2, 0) is 0 Å². The number of hydrogen-bond acceptors (Lipinski definition) is 5. The Morgan fingerprint density at radius 3 is 2.80 bits per heavy atom. The Balaban J connectivity index is 1.67. The zero-order valence-corrected chi connectivity index (χ0v) is 15.2. The van der Waals surface area contributed by atoms with Gasteiger partial charge in [-0.15, -0.1) is 11.3 Å². The third-order valence-corrected chi connectivity index (χ3v) is 4.42. The normalized spacial score (nSPS) is 11.0. The summed E-state index contributed by atoms with van der Waals surface area (Å²) in [6, 6.07) is 18.1. The van der Waals surface area contributed by atoms with E-state index in [0.29, 0.717) is 0 Å². The summed E-state index contributed by atoms with van der Waals surface area (Å²) < 4.78 is 5.64. The number of hydrazone groups is 1. The number of hydrogen-bond donors (Lipinski definition) is 1. The van der Waals surface area contributed by atoms with Crippen LogP contribution in [0.15, 0.2) is 59.7 Å². The summed E-state index contributed by atoms with van der Waals surface area (Å²) in [5.74, 6) is 0.863. The molecule has 0 radical (unpaired) electrons. The van der Waals surface area contributed by atoms with Crippen molar-refractivity contribution in [3.63, 3.8) is 0 Å². The molecule has 1 N–H and O–H groups in total. The largest absolute Gasteiger partial charge is 0.494 e. The maximum absolute atomic E-state index is 5.64. The lowest BCUT2D eigenvalue weighted by molar-refractivity contribution is 0.317. The summed E-state index contributed by atoms with van der Waals surface area (Å²) in [5, 5.41) is 5.08. The Bertz CT molecular complexity index is 843. The molecule has 128 valence electrons. The second-order valence-electron chi connectivity index (χ2n) is 5.58. The highest BCUT2D eigenvalue weighted by atomic mass is 32.1. The third-order valence-electron chi connectivity index (χ3n) is 3.55. The highest BCUT2D eigenvalue weighted by Crippen LogP contribution is 2.30. The van der Waals surface area contributed by atoms with Crippen molar-refractivity contribution in [2.24, 2.45) is 5.10 Å². The topological polar surface area (TPSA) is 46.5 Å². The van der Waals surface area contributed by atoms with Crippen molar-refractivity contribution in [2.75, 3.05) is 12.0 Å².